The first-order valence-corrected chi connectivity index (χ1v) is 9.39. The van der Waals surface area contributed by atoms with Crippen molar-refractivity contribution in [2.75, 3.05) is 11.9 Å². The Bertz CT molecular complexity index is 776. The number of ether oxygens (including phenoxy) is 1. The Balaban J connectivity index is 2.00. The molecule has 1 atom stereocenters. The molecule has 2 aromatic rings. The number of nitrogens with one attached hydrogen (secondary N) is 3. The third-order valence-corrected chi connectivity index (χ3v) is 5.11. The van der Waals surface area contributed by atoms with Crippen molar-refractivity contribution in [3.63, 3.8) is 0 Å². The number of carbonyl (C=O) groups is 2. The van der Waals surface area contributed by atoms with Crippen LogP contribution in [0.3, 0.4) is 0 Å². The summed E-state index contributed by atoms with van der Waals surface area (Å²) in [6, 6.07) is 9.42. The highest BCUT2D eigenvalue weighted by Gasteiger charge is 2.35. The summed E-state index contributed by atoms with van der Waals surface area (Å²) in [5, 5.41) is 13.4. The van der Waals surface area contributed by atoms with Crippen LogP contribution in [0.5, 0.6) is 0 Å². The summed E-state index contributed by atoms with van der Waals surface area (Å²) in [5.74, 6) is 0.0413. The van der Waals surface area contributed by atoms with Crippen LogP contribution in [0.15, 0.2) is 30.3 Å². The van der Waals surface area contributed by atoms with Crippen LogP contribution in [-0.2, 0) is 16.1 Å². The topological polar surface area (TPSA) is 96.1 Å². The smallest absolute Gasteiger partial charge is 0.407 e. The lowest BCUT2D eigenvalue weighted by atomic mass is 9.83. The summed E-state index contributed by atoms with van der Waals surface area (Å²) in [5.41, 5.74) is 0.209. The Morgan fingerprint density at radius 2 is 2.15 bits per heavy atom. The largest absolute Gasteiger partial charge is 0.445 e. The average Bonchev–Trinajstić information content (AvgIpc) is 3.03. The molecule has 0 aliphatic heterocycles. The maximum absolute atomic E-state index is 12.1. The van der Waals surface area contributed by atoms with E-state index in [4.69, 9.17) is 17.0 Å². The molecular formula is C17H22N4O3S2. The number of hydrogen-bond donors (Lipinski definition) is 3. The molecule has 2 rings (SSSR count). The minimum absolute atomic E-state index is 0.0413. The van der Waals surface area contributed by atoms with E-state index >= 15 is 0 Å². The Hall–Kier alpha value is -2.26. The van der Waals surface area contributed by atoms with Gasteiger partial charge in [0.1, 0.15) is 12.9 Å². The van der Waals surface area contributed by atoms with Gasteiger partial charge >= 0.3 is 6.09 Å². The summed E-state index contributed by atoms with van der Waals surface area (Å²) in [6.07, 6.45) is 0.493. The lowest BCUT2D eigenvalue weighted by Crippen LogP contribution is -2.53. The summed E-state index contributed by atoms with van der Waals surface area (Å²) in [7, 11) is 0. The molecule has 0 radical (unpaired) electrons. The molecule has 3 N–H and O–H groups in total. The predicted molar refractivity (Wildman–Crippen MR) is 104 cm³/mol. The molecule has 1 aromatic heterocycles. The maximum atomic E-state index is 12.1. The fraction of sp³-hybridized carbons (Fsp3) is 0.412. The molecule has 0 bridgehead atoms. The lowest BCUT2D eigenvalue weighted by Gasteiger charge is -2.37. The first kappa shape index (κ1) is 20.1. The van der Waals surface area contributed by atoms with Gasteiger partial charge in [-0.2, -0.15) is 0 Å². The molecule has 0 saturated carbocycles. The van der Waals surface area contributed by atoms with E-state index < -0.39 is 11.6 Å². The van der Waals surface area contributed by atoms with E-state index in [-0.39, 0.29) is 25.5 Å². The number of aromatic nitrogens is 2. The number of alkyl carbamates (subject to hydrolysis) is 1. The molecule has 0 spiro atoms. The zero-order valence-electron chi connectivity index (χ0n) is 14.7. The fourth-order valence-corrected chi connectivity index (χ4v) is 3.30. The van der Waals surface area contributed by atoms with Crippen LogP contribution in [0.2, 0.25) is 0 Å². The van der Waals surface area contributed by atoms with E-state index in [1.165, 1.54) is 11.3 Å². The third-order valence-electron chi connectivity index (χ3n) is 4.11. The van der Waals surface area contributed by atoms with Crippen molar-refractivity contribution in [2.24, 2.45) is 5.92 Å². The van der Waals surface area contributed by atoms with Gasteiger partial charge in [-0.25, -0.2) is 4.79 Å². The number of benzene rings is 1. The first-order chi connectivity index (χ1) is 12.4. The van der Waals surface area contributed by atoms with Crippen molar-refractivity contribution < 1.29 is 14.3 Å². The number of aromatic amines is 1. The van der Waals surface area contributed by atoms with Crippen LogP contribution in [0.1, 0.15) is 25.8 Å². The van der Waals surface area contributed by atoms with Gasteiger partial charge in [-0.05, 0) is 23.7 Å². The van der Waals surface area contributed by atoms with E-state index in [1.54, 1.807) is 0 Å². The number of nitrogens with zero attached hydrogens (tertiary/aromatic N) is 1. The molecule has 1 unspecified atom stereocenters. The Morgan fingerprint density at radius 1 is 1.42 bits per heavy atom. The van der Waals surface area contributed by atoms with Gasteiger partial charge in [0, 0.05) is 13.0 Å². The van der Waals surface area contributed by atoms with Crippen LogP contribution in [0, 0.1) is 9.87 Å². The van der Waals surface area contributed by atoms with Crippen molar-refractivity contribution in [1.82, 2.24) is 15.5 Å². The molecule has 0 aliphatic rings. The second-order valence-electron chi connectivity index (χ2n) is 6.14. The van der Waals surface area contributed by atoms with Crippen LogP contribution in [0.4, 0.5) is 9.93 Å². The lowest BCUT2D eigenvalue weighted by molar-refractivity contribution is -0.109. The average molecular weight is 395 g/mol. The number of hydrogen-bond acceptors (Lipinski definition) is 7. The van der Waals surface area contributed by atoms with Gasteiger partial charge in [0.15, 0.2) is 3.95 Å². The molecule has 1 amide bonds. The summed E-state index contributed by atoms with van der Waals surface area (Å²) in [6.45, 7) is 4.34. The number of amides is 1. The molecule has 9 heteroatoms. The van der Waals surface area contributed by atoms with E-state index in [2.05, 4.69) is 20.8 Å². The summed E-state index contributed by atoms with van der Waals surface area (Å²) < 4.78 is 5.77. The molecule has 0 fully saturated rings. The standard InChI is InChI=1S/C17H22N4O3S2/c1-12(2)17(8-9-22,19-14-20-21-16(25)26-14)11-18-15(23)24-10-13-6-4-3-5-7-13/h3-7,9,12H,8,10-11H2,1-2H3,(H,18,23)(H,19,20)(H,21,25). The number of anilines is 1. The zero-order valence-corrected chi connectivity index (χ0v) is 16.3. The van der Waals surface area contributed by atoms with E-state index in [0.717, 1.165) is 11.8 Å². The van der Waals surface area contributed by atoms with Crippen molar-refractivity contribution in [1.29, 1.82) is 0 Å². The maximum Gasteiger partial charge on any atom is 0.407 e. The first-order valence-electron chi connectivity index (χ1n) is 8.17. The van der Waals surface area contributed by atoms with E-state index in [1.807, 2.05) is 44.2 Å². The molecule has 1 heterocycles. The number of aldehydes is 1. The van der Waals surface area contributed by atoms with Crippen LogP contribution >= 0.6 is 23.6 Å². The van der Waals surface area contributed by atoms with Gasteiger partial charge in [-0.3, -0.25) is 5.10 Å². The number of rotatable bonds is 9. The summed E-state index contributed by atoms with van der Waals surface area (Å²) >= 11 is 6.32. The second-order valence-corrected chi connectivity index (χ2v) is 7.81. The van der Waals surface area contributed by atoms with Crippen LogP contribution in [0.25, 0.3) is 0 Å². The molecule has 0 saturated heterocycles. The molecule has 7 nitrogen and oxygen atoms in total. The molecule has 26 heavy (non-hydrogen) atoms. The predicted octanol–water partition coefficient (Wildman–Crippen LogP) is 3.52. The molecule has 0 aliphatic carbocycles. The van der Waals surface area contributed by atoms with Gasteiger partial charge in [-0.1, -0.05) is 55.5 Å². The van der Waals surface area contributed by atoms with Crippen LogP contribution < -0.4 is 10.6 Å². The molecular weight excluding hydrogens is 372 g/mol. The van der Waals surface area contributed by atoms with Crippen molar-refractivity contribution in [3.8, 4) is 0 Å². The summed E-state index contributed by atoms with van der Waals surface area (Å²) in [4.78, 5) is 23.3. The normalized spacial score (nSPS) is 13.0. The van der Waals surface area contributed by atoms with E-state index in [0.29, 0.717) is 9.09 Å². The van der Waals surface area contributed by atoms with E-state index in [9.17, 15) is 9.59 Å². The van der Waals surface area contributed by atoms with Gasteiger partial charge in [0.25, 0.3) is 0 Å². The Kier molecular flexibility index (Phi) is 7.28. The number of H-pyrrole nitrogens is 1. The monoisotopic (exact) mass is 394 g/mol. The minimum Gasteiger partial charge on any atom is -0.445 e. The Morgan fingerprint density at radius 3 is 2.73 bits per heavy atom. The van der Waals surface area contributed by atoms with Gasteiger partial charge < -0.3 is 20.2 Å². The Labute approximate surface area is 161 Å². The highest BCUT2D eigenvalue weighted by molar-refractivity contribution is 7.73. The SMILES string of the molecule is CC(C)C(CC=O)(CNC(=O)OCc1ccccc1)Nc1n[nH]c(=S)s1. The van der Waals surface area contributed by atoms with Gasteiger partial charge in [0.2, 0.25) is 5.13 Å². The van der Waals surface area contributed by atoms with Gasteiger partial charge in [0.05, 0.1) is 5.54 Å². The van der Waals surface area contributed by atoms with Crippen LogP contribution in [-0.4, -0.2) is 34.7 Å². The molecule has 1 aromatic carbocycles. The number of carbonyl (C=O) groups excluding carboxylic acids is 2. The third kappa shape index (κ3) is 5.63. The zero-order chi connectivity index (χ0) is 19.0. The second kappa shape index (κ2) is 9.44. The van der Waals surface area contributed by atoms with Crippen molar-refractivity contribution in [3.05, 3.63) is 39.8 Å². The van der Waals surface area contributed by atoms with Crippen molar-refractivity contribution >= 4 is 41.1 Å². The minimum atomic E-state index is -0.693. The van der Waals surface area contributed by atoms with Gasteiger partial charge in [-0.15, -0.1) is 5.10 Å². The highest BCUT2D eigenvalue weighted by atomic mass is 32.1. The quantitative estimate of drug-likeness (QED) is 0.445. The highest BCUT2D eigenvalue weighted by Crippen LogP contribution is 2.27. The fourth-order valence-electron chi connectivity index (χ4n) is 2.40. The van der Waals surface area contributed by atoms with Crippen molar-refractivity contribution in [2.45, 2.75) is 32.4 Å². The molecule has 140 valence electrons.